The Balaban J connectivity index is 2.18. The number of thiocarbonyl (C=S) groups is 1. The molecule has 5 heteroatoms. The molecule has 2 rings (SSSR count). The van der Waals surface area contributed by atoms with Gasteiger partial charge in [0.25, 0.3) is 0 Å². The molecule has 2 unspecified atom stereocenters. The zero-order chi connectivity index (χ0) is 15.5. The molecule has 1 aliphatic heterocycles. The zero-order valence-electron chi connectivity index (χ0n) is 12.3. The van der Waals surface area contributed by atoms with Gasteiger partial charge >= 0.3 is 0 Å². The van der Waals surface area contributed by atoms with Crippen LogP contribution in [0.3, 0.4) is 0 Å². The first-order valence-electron chi connectivity index (χ1n) is 7.26. The molecule has 0 aromatic heterocycles. The van der Waals surface area contributed by atoms with Crippen LogP contribution in [0.4, 0.5) is 0 Å². The summed E-state index contributed by atoms with van der Waals surface area (Å²) in [4.78, 5) is 14.8. The summed E-state index contributed by atoms with van der Waals surface area (Å²) < 4.78 is 0. The molecule has 4 nitrogen and oxygen atoms in total. The largest absolute Gasteiger partial charge is 0.392 e. The monoisotopic (exact) mass is 306 g/mol. The molecule has 0 radical (unpaired) electrons. The fourth-order valence-electron chi connectivity index (χ4n) is 2.74. The number of rotatable bonds is 3. The zero-order valence-corrected chi connectivity index (χ0v) is 13.1. The first kappa shape index (κ1) is 15.9. The van der Waals surface area contributed by atoms with E-state index in [1.54, 1.807) is 4.90 Å². The molecule has 0 spiro atoms. The second-order valence-corrected chi connectivity index (χ2v) is 6.39. The lowest BCUT2D eigenvalue weighted by Crippen LogP contribution is -2.41. The molecule has 0 aliphatic carbocycles. The maximum atomic E-state index is 12.8. The highest BCUT2D eigenvalue weighted by molar-refractivity contribution is 7.80. The van der Waals surface area contributed by atoms with E-state index in [2.05, 4.69) is 0 Å². The lowest BCUT2D eigenvalue weighted by molar-refractivity contribution is -0.131. The second kappa shape index (κ2) is 6.54. The molecule has 1 aliphatic rings. The molecule has 114 valence electrons. The van der Waals surface area contributed by atoms with Crippen molar-refractivity contribution < 1.29 is 9.90 Å². The van der Waals surface area contributed by atoms with E-state index in [0.717, 1.165) is 12.0 Å². The number of nitrogens with two attached hydrogens (primary N) is 1. The minimum absolute atomic E-state index is 0.0635. The highest BCUT2D eigenvalue weighted by atomic mass is 32.1. The summed E-state index contributed by atoms with van der Waals surface area (Å²) in [6.45, 7) is 3.00. The van der Waals surface area contributed by atoms with Crippen LogP contribution in [0.25, 0.3) is 0 Å². The number of carbonyl (C=O) groups excluding carboxylic acids is 1. The van der Waals surface area contributed by atoms with Crippen LogP contribution in [0.5, 0.6) is 0 Å². The average molecular weight is 306 g/mol. The van der Waals surface area contributed by atoms with Gasteiger partial charge in [-0.1, -0.05) is 42.5 Å². The molecule has 21 heavy (non-hydrogen) atoms. The number of benzene rings is 1. The van der Waals surface area contributed by atoms with E-state index >= 15 is 0 Å². The fourth-order valence-corrected chi connectivity index (χ4v) is 2.98. The predicted molar refractivity (Wildman–Crippen MR) is 87.0 cm³/mol. The standard InChI is InChI=1S/C16H22N2O2S/c1-16(20)8-5-10-18(11-9-16)15(19)13(14(17)21)12-6-3-2-4-7-12/h2-4,6-7,13,20H,5,8-11H2,1H3,(H2,17,21). The molecule has 1 heterocycles. The van der Waals surface area contributed by atoms with Crippen LogP contribution in [0.2, 0.25) is 0 Å². The van der Waals surface area contributed by atoms with Gasteiger partial charge in [0.05, 0.1) is 10.6 Å². The van der Waals surface area contributed by atoms with Gasteiger partial charge in [-0.25, -0.2) is 0 Å². The summed E-state index contributed by atoms with van der Waals surface area (Å²) in [5.74, 6) is -0.643. The van der Waals surface area contributed by atoms with Crippen molar-refractivity contribution in [1.82, 2.24) is 4.90 Å². The molecule has 1 aromatic rings. The Morgan fingerprint density at radius 1 is 1.33 bits per heavy atom. The Bertz CT molecular complexity index is 516. The van der Waals surface area contributed by atoms with Gasteiger partial charge < -0.3 is 15.7 Å². The van der Waals surface area contributed by atoms with Crippen LogP contribution in [-0.2, 0) is 4.79 Å². The molecule has 1 aromatic carbocycles. The predicted octanol–water partition coefficient (Wildman–Crippen LogP) is 1.82. The molecule has 1 saturated heterocycles. The first-order valence-corrected chi connectivity index (χ1v) is 7.67. The summed E-state index contributed by atoms with van der Waals surface area (Å²) >= 11 is 5.10. The molecule has 0 saturated carbocycles. The van der Waals surface area contributed by atoms with Gasteiger partial charge in [-0.2, -0.15) is 0 Å². The summed E-state index contributed by atoms with van der Waals surface area (Å²) in [5.41, 5.74) is 5.93. The van der Waals surface area contributed by atoms with Crippen molar-refractivity contribution in [3.05, 3.63) is 35.9 Å². The summed E-state index contributed by atoms with van der Waals surface area (Å²) in [6.07, 6.45) is 2.08. The topological polar surface area (TPSA) is 66.6 Å². The van der Waals surface area contributed by atoms with Crippen LogP contribution < -0.4 is 5.73 Å². The van der Waals surface area contributed by atoms with E-state index in [1.807, 2.05) is 37.3 Å². The van der Waals surface area contributed by atoms with Gasteiger partial charge in [0.2, 0.25) is 5.91 Å². The van der Waals surface area contributed by atoms with E-state index in [9.17, 15) is 9.90 Å². The van der Waals surface area contributed by atoms with E-state index in [4.69, 9.17) is 18.0 Å². The van der Waals surface area contributed by atoms with Crippen LogP contribution >= 0.6 is 12.2 Å². The normalized spacial score (nSPS) is 24.2. The molecule has 1 fully saturated rings. The van der Waals surface area contributed by atoms with Gasteiger partial charge in [-0.15, -0.1) is 0 Å². The number of aliphatic hydroxyl groups is 1. The lowest BCUT2D eigenvalue weighted by atomic mass is 9.97. The number of hydrogen-bond donors (Lipinski definition) is 2. The summed E-state index contributed by atoms with van der Waals surface area (Å²) in [7, 11) is 0. The summed E-state index contributed by atoms with van der Waals surface area (Å²) in [6, 6.07) is 9.39. The molecule has 2 atom stereocenters. The number of hydrogen-bond acceptors (Lipinski definition) is 3. The maximum absolute atomic E-state index is 12.8. The van der Waals surface area contributed by atoms with Crippen LogP contribution in [0.1, 0.15) is 37.7 Å². The third-order valence-electron chi connectivity index (χ3n) is 4.04. The van der Waals surface area contributed by atoms with Crippen LogP contribution in [0.15, 0.2) is 30.3 Å². The lowest BCUT2D eigenvalue weighted by Gasteiger charge is -2.26. The average Bonchev–Trinajstić information content (AvgIpc) is 2.60. The molecule has 1 amide bonds. The maximum Gasteiger partial charge on any atom is 0.236 e. The number of likely N-dealkylation sites (tertiary alicyclic amines) is 1. The smallest absolute Gasteiger partial charge is 0.236 e. The minimum atomic E-state index is -0.694. The molecular formula is C16H22N2O2S. The van der Waals surface area contributed by atoms with Crippen molar-refractivity contribution in [3.8, 4) is 0 Å². The summed E-state index contributed by atoms with van der Waals surface area (Å²) in [5, 5.41) is 10.1. The minimum Gasteiger partial charge on any atom is -0.392 e. The van der Waals surface area contributed by atoms with Gasteiger partial charge in [-0.3, -0.25) is 4.79 Å². The van der Waals surface area contributed by atoms with Gasteiger partial charge in [0.15, 0.2) is 0 Å². The Morgan fingerprint density at radius 3 is 2.62 bits per heavy atom. The Hall–Kier alpha value is -1.46. The number of amides is 1. The van der Waals surface area contributed by atoms with Gasteiger partial charge in [0.1, 0.15) is 5.92 Å². The van der Waals surface area contributed by atoms with Crippen molar-refractivity contribution in [2.45, 2.75) is 37.7 Å². The van der Waals surface area contributed by atoms with E-state index in [0.29, 0.717) is 25.9 Å². The molecular weight excluding hydrogens is 284 g/mol. The third-order valence-corrected chi connectivity index (χ3v) is 4.28. The van der Waals surface area contributed by atoms with Crippen LogP contribution in [0, 0.1) is 0 Å². The highest BCUT2D eigenvalue weighted by Crippen LogP contribution is 2.25. The number of nitrogens with zero attached hydrogens (tertiary/aromatic N) is 1. The van der Waals surface area contributed by atoms with Crippen molar-refractivity contribution in [1.29, 1.82) is 0 Å². The second-order valence-electron chi connectivity index (χ2n) is 5.92. The SMILES string of the molecule is CC1(O)CCCN(C(=O)C(C(N)=S)c2ccccc2)CC1. The van der Waals surface area contributed by atoms with Crippen molar-refractivity contribution in [3.63, 3.8) is 0 Å². The van der Waals surface area contributed by atoms with E-state index < -0.39 is 11.5 Å². The first-order chi connectivity index (χ1) is 9.91. The van der Waals surface area contributed by atoms with E-state index in [-0.39, 0.29) is 10.9 Å². The quantitative estimate of drug-likeness (QED) is 0.836. The number of carbonyl (C=O) groups is 1. The van der Waals surface area contributed by atoms with Crippen molar-refractivity contribution in [2.24, 2.45) is 5.73 Å². The highest BCUT2D eigenvalue weighted by Gasteiger charge is 2.32. The third kappa shape index (κ3) is 4.02. The van der Waals surface area contributed by atoms with E-state index in [1.165, 1.54) is 0 Å². The van der Waals surface area contributed by atoms with Crippen molar-refractivity contribution in [2.75, 3.05) is 13.1 Å². The van der Waals surface area contributed by atoms with Gasteiger partial charge in [0, 0.05) is 13.1 Å². The molecule has 0 bridgehead atoms. The van der Waals surface area contributed by atoms with Gasteiger partial charge in [-0.05, 0) is 31.7 Å². The Kier molecular flexibility index (Phi) is 4.96. The Morgan fingerprint density at radius 2 is 2.00 bits per heavy atom. The fraction of sp³-hybridized carbons (Fsp3) is 0.500. The van der Waals surface area contributed by atoms with Crippen LogP contribution in [-0.4, -0.2) is 39.6 Å². The van der Waals surface area contributed by atoms with Crippen molar-refractivity contribution >= 4 is 23.1 Å². The molecule has 3 N–H and O–H groups in total. The Labute approximate surface area is 130 Å².